The summed E-state index contributed by atoms with van der Waals surface area (Å²) in [6, 6.07) is 3.74. The Balaban J connectivity index is 1.56. The fraction of sp³-hybridized carbons (Fsp3) is 0.615. The lowest BCUT2D eigenvalue weighted by Gasteiger charge is -2.16. The number of furan rings is 1. The molecule has 2 fully saturated rings. The molecule has 16 heavy (non-hydrogen) atoms. The Morgan fingerprint density at radius 1 is 1.44 bits per heavy atom. The van der Waals surface area contributed by atoms with Crippen molar-refractivity contribution in [1.82, 2.24) is 5.32 Å². The molecule has 0 bridgehead atoms. The number of carbonyl (C=O) groups is 1. The van der Waals surface area contributed by atoms with Crippen LogP contribution in [0.4, 0.5) is 0 Å². The number of amides is 1. The molecule has 2 saturated carbocycles. The minimum Gasteiger partial charge on any atom is -0.467 e. The fourth-order valence-electron chi connectivity index (χ4n) is 2.87. The fourth-order valence-corrected chi connectivity index (χ4v) is 2.87. The normalized spacial score (nSPS) is 33.2. The van der Waals surface area contributed by atoms with E-state index in [1.54, 1.807) is 6.26 Å². The van der Waals surface area contributed by atoms with Gasteiger partial charge in [0.1, 0.15) is 5.76 Å². The number of nitrogens with one attached hydrogen (secondary N) is 1. The molecule has 86 valence electrons. The largest absolute Gasteiger partial charge is 0.467 e. The molecule has 1 heterocycles. The summed E-state index contributed by atoms with van der Waals surface area (Å²) in [5.74, 6) is 3.00. The standard InChI is InChI=1S/C13H17NO2/c1-8(12-3-2-4-16-12)14-13(15)11-6-9-5-10(9)7-11/h2-4,8-11H,5-7H2,1H3,(H,14,15). The second kappa shape index (κ2) is 3.65. The van der Waals surface area contributed by atoms with Gasteiger partial charge in [0, 0.05) is 5.92 Å². The predicted octanol–water partition coefficient (Wildman–Crippen LogP) is 2.50. The average molecular weight is 219 g/mol. The van der Waals surface area contributed by atoms with E-state index in [9.17, 15) is 4.79 Å². The van der Waals surface area contributed by atoms with E-state index in [4.69, 9.17) is 4.42 Å². The average Bonchev–Trinajstić information content (AvgIpc) is 2.77. The summed E-state index contributed by atoms with van der Waals surface area (Å²) in [5.41, 5.74) is 0. The molecule has 1 aromatic heterocycles. The minimum atomic E-state index is -0.0144. The van der Waals surface area contributed by atoms with Crippen molar-refractivity contribution in [2.24, 2.45) is 17.8 Å². The monoisotopic (exact) mass is 219 g/mol. The van der Waals surface area contributed by atoms with Crippen LogP contribution < -0.4 is 5.32 Å². The zero-order valence-electron chi connectivity index (χ0n) is 9.48. The zero-order valence-corrected chi connectivity index (χ0v) is 9.48. The molecule has 1 N–H and O–H groups in total. The van der Waals surface area contributed by atoms with Crippen LogP contribution in [0, 0.1) is 17.8 Å². The highest BCUT2D eigenvalue weighted by Crippen LogP contribution is 2.54. The molecule has 0 aliphatic heterocycles. The van der Waals surface area contributed by atoms with Crippen molar-refractivity contribution >= 4 is 5.91 Å². The van der Waals surface area contributed by atoms with Crippen molar-refractivity contribution in [3.05, 3.63) is 24.2 Å². The van der Waals surface area contributed by atoms with E-state index in [1.807, 2.05) is 19.1 Å². The number of hydrogen-bond acceptors (Lipinski definition) is 2. The summed E-state index contributed by atoms with van der Waals surface area (Å²) in [6.07, 6.45) is 5.20. The van der Waals surface area contributed by atoms with Gasteiger partial charge in [0.15, 0.2) is 0 Å². The topological polar surface area (TPSA) is 42.2 Å². The third-order valence-corrected chi connectivity index (χ3v) is 3.94. The van der Waals surface area contributed by atoms with Crippen LogP contribution in [0.2, 0.25) is 0 Å². The summed E-state index contributed by atoms with van der Waals surface area (Å²) < 4.78 is 5.27. The Morgan fingerprint density at radius 3 is 2.81 bits per heavy atom. The van der Waals surface area contributed by atoms with Crippen LogP contribution in [0.25, 0.3) is 0 Å². The van der Waals surface area contributed by atoms with Gasteiger partial charge in [0.05, 0.1) is 12.3 Å². The van der Waals surface area contributed by atoms with Gasteiger partial charge in [-0.3, -0.25) is 4.79 Å². The number of fused-ring (bicyclic) bond motifs is 1. The van der Waals surface area contributed by atoms with Gasteiger partial charge in [-0.05, 0) is 50.2 Å². The van der Waals surface area contributed by atoms with E-state index in [1.165, 1.54) is 6.42 Å². The molecule has 2 aliphatic rings. The van der Waals surface area contributed by atoms with E-state index in [2.05, 4.69) is 5.32 Å². The Hall–Kier alpha value is -1.25. The van der Waals surface area contributed by atoms with Gasteiger partial charge < -0.3 is 9.73 Å². The predicted molar refractivity (Wildman–Crippen MR) is 59.6 cm³/mol. The molecule has 3 rings (SSSR count). The minimum absolute atomic E-state index is 0.0144. The molecule has 2 aliphatic carbocycles. The first-order valence-electron chi connectivity index (χ1n) is 6.08. The van der Waals surface area contributed by atoms with Crippen LogP contribution in [0.5, 0.6) is 0 Å². The first kappa shape index (κ1) is 9.94. The summed E-state index contributed by atoms with van der Waals surface area (Å²) in [4.78, 5) is 12.0. The first-order valence-corrected chi connectivity index (χ1v) is 6.08. The van der Waals surface area contributed by atoms with E-state index >= 15 is 0 Å². The third kappa shape index (κ3) is 1.75. The molecule has 1 amide bonds. The highest BCUT2D eigenvalue weighted by Gasteiger charge is 2.48. The molecule has 3 atom stereocenters. The second-order valence-corrected chi connectivity index (χ2v) is 5.17. The highest BCUT2D eigenvalue weighted by atomic mass is 16.3. The Labute approximate surface area is 95.2 Å². The van der Waals surface area contributed by atoms with Gasteiger partial charge >= 0.3 is 0 Å². The van der Waals surface area contributed by atoms with E-state index in [0.717, 1.165) is 30.4 Å². The zero-order chi connectivity index (χ0) is 11.1. The van der Waals surface area contributed by atoms with Crippen molar-refractivity contribution in [2.45, 2.75) is 32.2 Å². The molecule has 3 unspecified atom stereocenters. The Kier molecular flexibility index (Phi) is 2.27. The molecular weight excluding hydrogens is 202 g/mol. The maximum absolute atomic E-state index is 12.0. The van der Waals surface area contributed by atoms with Crippen molar-refractivity contribution in [1.29, 1.82) is 0 Å². The van der Waals surface area contributed by atoms with Gasteiger partial charge in [-0.1, -0.05) is 0 Å². The van der Waals surface area contributed by atoms with Gasteiger partial charge in [-0.2, -0.15) is 0 Å². The van der Waals surface area contributed by atoms with E-state index in [0.29, 0.717) is 0 Å². The first-order chi connectivity index (χ1) is 7.74. The number of hydrogen-bond donors (Lipinski definition) is 1. The van der Waals surface area contributed by atoms with Crippen molar-refractivity contribution in [2.75, 3.05) is 0 Å². The van der Waals surface area contributed by atoms with Crippen molar-refractivity contribution in [3.63, 3.8) is 0 Å². The lowest BCUT2D eigenvalue weighted by molar-refractivity contribution is -0.125. The van der Waals surface area contributed by atoms with Gasteiger partial charge in [0.25, 0.3) is 0 Å². The van der Waals surface area contributed by atoms with Crippen LogP contribution in [0.3, 0.4) is 0 Å². The molecule has 0 aromatic carbocycles. The number of carbonyl (C=O) groups excluding carboxylic acids is 1. The smallest absolute Gasteiger partial charge is 0.223 e. The third-order valence-electron chi connectivity index (χ3n) is 3.94. The molecule has 0 saturated heterocycles. The van der Waals surface area contributed by atoms with Crippen molar-refractivity contribution in [3.8, 4) is 0 Å². The SMILES string of the molecule is CC(NC(=O)C1CC2CC2C1)c1ccco1. The Bertz CT molecular complexity index is 375. The molecule has 0 radical (unpaired) electrons. The molecule has 3 nitrogen and oxygen atoms in total. The number of rotatable bonds is 3. The molecule has 1 aromatic rings. The maximum atomic E-state index is 12.0. The van der Waals surface area contributed by atoms with Crippen LogP contribution in [-0.2, 0) is 4.79 Å². The maximum Gasteiger partial charge on any atom is 0.223 e. The molecular formula is C13H17NO2. The van der Waals surface area contributed by atoms with Crippen LogP contribution >= 0.6 is 0 Å². The summed E-state index contributed by atoms with van der Waals surface area (Å²) in [5, 5.41) is 3.03. The lowest BCUT2D eigenvalue weighted by atomic mass is 10.0. The van der Waals surface area contributed by atoms with Crippen LogP contribution in [0.1, 0.15) is 38.0 Å². The quantitative estimate of drug-likeness (QED) is 0.848. The van der Waals surface area contributed by atoms with Crippen molar-refractivity contribution < 1.29 is 9.21 Å². The van der Waals surface area contributed by atoms with E-state index in [-0.39, 0.29) is 17.9 Å². The summed E-state index contributed by atoms with van der Waals surface area (Å²) in [7, 11) is 0. The molecule has 0 spiro atoms. The van der Waals surface area contributed by atoms with Gasteiger partial charge in [0.2, 0.25) is 5.91 Å². The highest BCUT2D eigenvalue weighted by molar-refractivity contribution is 5.79. The van der Waals surface area contributed by atoms with E-state index < -0.39 is 0 Å². The Morgan fingerprint density at radius 2 is 2.19 bits per heavy atom. The van der Waals surface area contributed by atoms with Crippen LogP contribution in [0.15, 0.2) is 22.8 Å². The molecule has 3 heteroatoms. The van der Waals surface area contributed by atoms with Gasteiger partial charge in [-0.15, -0.1) is 0 Å². The second-order valence-electron chi connectivity index (χ2n) is 5.17. The summed E-state index contributed by atoms with van der Waals surface area (Å²) in [6.45, 7) is 1.96. The van der Waals surface area contributed by atoms with Crippen LogP contribution in [-0.4, -0.2) is 5.91 Å². The van der Waals surface area contributed by atoms with Gasteiger partial charge in [-0.25, -0.2) is 0 Å². The lowest BCUT2D eigenvalue weighted by Crippen LogP contribution is -2.32. The summed E-state index contributed by atoms with van der Waals surface area (Å²) >= 11 is 0.